The van der Waals surface area contributed by atoms with Gasteiger partial charge in [0, 0.05) is 5.56 Å². The zero-order valence-corrected chi connectivity index (χ0v) is 14.8. The van der Waals surface area contributed by atoms with Gasteiger partial charge in [0.25, 0.3) is 5.95 Å². The minimum atomic E-state index is 0.0436. The van der Waals surface area contributed by atoms with Crippen LogP contribution in [0.4, 0.5) is 11.6 Å². The highest BCUT2D eigenvalue weighted by Crippen LogP contribution is 2.16. The van der Waals surface area contributed by atoms with Gasteiger partial charge in [0.1, 0.15) is 0 Å². The van der Waals surface area contributed by atoms with Crippen LogP contribution in [0.25, 0.3) is 0 Å². The maximum absolute atomic E-state index is 5.01. The van der Waals surface area contributed by atoms with E-state index in [1.165, 1.54) is 14.2 Å². The maximum Gasteiger partial charge on any atom is 0.324 e. The summed E-state index contributed by atoms with van der Waals surface area (Å²) in [5.74, 6) is 0.403. The van der Waals surface area contributed by atoms with Crippen LogP contribution in [-0.4, -0.2) is 35.0 Å². The first-order valence-corrected chi connectivity index (χ1v) is 7.98. The molecule has 3 rings (SSSR count). The second-order valence-electron chi connectivity index (χ2n) is 5.09. The van der Waals surface area contributed by atoms with Gasteiger partial charge in [-0.05, 0) is 12.1 Å². The van der Waals surface area contributed by atoms with E-state index in [9.17, 15) is 0 Å². The molecule has 1 heterocycles. The van der Waals surface area contributed by atoms with Gasteiger partial charge in [0.15, 0.2) is 0 Å². The van der Waals surface area contributed by atoms with Crippen molar-refractivity contribution in [3.63, 3.8) is 0 Å². The average Bonchev–Trinajstić information content (AvgIpc) is 2.74. The highest BCUT2D eigenvalue weighted by atomic mass is 16.5. The molecule has 0 aliphatic heterocycles. The smallest absolute Gasteiger partial charge is 0.324 e. The van der Waals surface area contributed by atoms with Gasteiger partial charge in [-0.1, -0.05) is 48.5 Å². The van der Waals surface area contributed by atoms with Crippen LogP contribution in [0.5, 0.6) is 12.0 Å². The number of ether oxygens (including phenoxy) is 2. The molecule has 0 amide bonds. The van der Waals surface area contributed by atoms with Gasteiger partial charge in [-0.3, -0.25) is 5.43 Å². The van der Waals surface area contributed by atoms with Crippen LogP contribution in [0.2, 0.25) is 0 Å². The molecule has 0 saturated carbocycles. The van der Waals surface area contributed by atoms with Crippen LogP contribution in [0.1, 0.15) is 5.56 Å². The van der Waals surface area contributed by atoms with Crippen molar-refractivity contribution in [2.45, 2.75) is 0 Å². The predicted octanol–water partition coefficient (Wildman–Crippen LogP) is 3.45. The fourth-order valence-corrected chi connectivity index (χ4v) is 2.01. The first-order chi connectivity index (χ1) is 13.3. The summed E-state index contributed by atoms with van der Waals surface area (Å²) in [5.41, 5.74) is 4.56. The minimum absolute atomic E-state index is 0.0436. The Morgan fingerprint density at radius 1 is 0.815 bits per heavy atom. The fourth-order valence-electron chi connectivity index (χ4n) is 2.01. The number of hydrogen-bond donors (Lipinski definition) is 1. The lowest BCUT2D eigenvalue weighted by Crippen LogP contribution is -2.01. The predicted molar refractivity (Wildman–Crippen MR) is 100 cm³/mol. The largest absolute Gasteiger partial charge is 0.467 e. The molecule has 9 heteroatoms. The third-order valence-electron chi connectivity index (χ3n) is 3.28. The lowest BCUT2D eigenvalue weighted by molar-refractivity contribution is 0.340. The molecular formula is C18H17N7O2. The monoisotopic (exact) mass is 363 g/mol. The Balaban J connectivity index is 1.90. The number of anilines is 1. The molecule has 1 aromatic heterocycles. The maximum atomic E-state index is 5.01. The van der Waals surface area contributed by atoms with Gasteiger partial charge in [0.05, 0.1) is 19.9 Å². The van der Waals surface area contributed by atoms with Crippen molar-refractivity contribution in [3.05, 3.63) is 66.2 Å². The number of aromatic nitrogens is 3. The number of para-hydroxylation sites is 1. The SMILES string of the molecule is COc1nc(N=N/C(=N\Nc2ccccc2)c2ccccc2)nc(OC)n1. The van der Waals surface area contributed by atoms with E-state index in [-0.39, 0.29) is 18.0 Å². The summed E-state index contributed by atoms with van der Waals surface area (Å²) in [6, 6.07) is 19.1. The lowest BCUT2D eigenvalue weighted by atomic mass is 10.2. The summed E-state index contributed by atoms with van der Waals surface area (Å²) in [6.45, 7) is 0. The van der Waals surface area contributed by atoms with Gasteiger partial charge < -0.3 is 9.47 Å². The molecule has 1 N–H and O–H groups in total. The number of nitrogens with one attached hydrogen (secondary N) is 1. The van der Waals surface area contributed by atoms with E-state index >= 15 is 0 Å². The first kappa shape index (κ1) is 17.9. The van der Waals surface area contributed by atoms with Crippen LogP contribution < -0.4 is 14.9 Å². The number of benzene rings is 2. The van der Waals surface area contributed by atoms with Crippen molar-refractivity contribution in [1.29, 1.82) is 0 Å². The fraction of sp³-hybridized carbons (Fsp3) is 0.111. The number of amidine groups is 1. The Morgan fingerprint density at radius 3 is 2.00 bits per heavy atom. The zero-order chi connectivity index (χ0) is 18.9. The van der Waals surface area contributed by atoms with E-state index in [0.29, 0.717) is 5.84 Å². The third kappa shape index (κ3) is 5.05. The number of hydrogen-bond acceptors (Lipinski definition) is 8. The van der Waals surface area contributed by atoms with E-state index in [4.69, 9.17) is 9.47 Å². The molecule has 0 fully saturated rings. The molecule has 0 bridgehead atoms. The molecule has 136 valence electrons. The van der Waals surface area contributed by atoms with Crippen LogP contribution in [-0.2, 0) is 0 Å². The normalized spacial score (nSPS) is 11.4. The number of methoxy groups -OCH3 is 2. The Bertz CT molecular complexity index is 909. The summed E-state index contributed by atoms with van der Waals surface area (Å²) in [5, 5.41) is 12.6. The van der Waals surface area contributed by atoms with E-state index in [2.05, 4.69) is 35.7 Å². The van der Waals surface area contributed by atoms with Gasteiger partial charge >= 0.3 is 12.0 Å². The molecule has 27 heavy (non-hydrogen) atoms. The number of nitrogens with zero attached hydrogens (tertiary/aromatic N) is 6. The highest BCUT2D eigenvalue weighted by molar-refractivity contribution is 5.99. The van der Waals surface area contributed by atoms with E-state index in [0.717, 1.165) is 11.3 Å². The van der Waals surface area contributed by atoms with Crippen molar-refractivity contribution in [1.82, 2.24) is 15.0 Å². The van der Waals surface area contributed by atoms with Crippen LogP contribution >= 0.6 is 0 Å². The molecule has 9 nitrogen and oxygen atoms in total. The molecule has 0 unspecified atom stereocenters. The second-order valence-corrected chi connectivity index (χ2v) is 5.09. The zero-order valence-electron chi connectivity index (χ0n) is 14.8. The lowest BCUT2D eigenvalue weighted by Gasteiger charge is -2.03. The van der Waals surface area contributed by atoms with Crippen molar-refractivity contribution in [2.24, 2.45) is 15.3 Å². The summed E-state index contributed by atoms with van der Waals surface area (Å²) >= 11 is 0. The quantitative estimate of drug-likeness (QED) is 0.311. The van der Waals surface area contributed by atoms with Gasteiger partial charge in [-0.15, -0.1) is 15.2 Å². The average molecular weight is 363 g/mol. The van der Waals surface area contributed by atoms with E-state index in [1.807, 2.05) is 60.7 Å². The van der Waals surface area contributed by atoms with Gasteiger partial charge in [-0.2, -0.15) is 15.1 Å². The number of azo groups is 1. The molecular weight excluding hydrogens is 346 g/mol. The summed E-state index contributed by atoms with van der Waals surface area (Å²) < 4.78 is 10.0. The Labute approximate surface area is 155 Å². The van der Waals surface area contributed by atoms with E-state index < -0.39 is 0 Å². The molecule has 0 saturated heterocycles. The number of hydrazone groups is 1. The first-order valence-electron chi connectivity index (χ1n) is 7.98. The summed E-state index contributed by atoms with van der Waals surface area (Å²) in [4.78, 5) is 12.0. The molecule has 0 atom stereocenters. The van der Waals surface area contributed by atoms with Crippen molar-refractivity contribution in [3.8, 4) is 12.0 Å². The van der Waals surface area contributed by atoms with Crippen LogP contribution in [0.3, 0.4) is 0 Å². The minimum Gasteiger partial charge on any atom is -0.467 e. The van der Waals surface area contributed by atoms with Crippen LogP contribution in [0.15, 0.2) is 76.0 Å². The summed E-state index contributed by atoms with van der Waals surface area (Å²) in [6.07, 6.45) is 0. The molecule has 0 aliphatic carbocycles. The number of rotatable bonds is 6. The molecule has 0 spiro atoms. The standard InChI is InChI=1S/C18H17N7O2/c1-26-17-19-16(20-18(21-17)27-2)25-24-15(13-9-5-3-6-10-13)23-22-14-11-7-4-8-12-14/h3-12,22H,1-2H3/b23-15-,25-24?. The molecule has 0 aliphatic rings. The topological polar surface area (TPSA) is 106 Å². The third-order valence-corrected chi connectivity index (χ3v) is 3.28. The second kappa shape index (κ2) is 8.99. The van der Waals surface area contributed by atoms with Gasteiger partial charge in [-0.25, -0.2) is 0 Å². The Kier molecular flexibility index (Phi) is 5.97. The van der Waals surface area contributed by atoms with Crippen molar-refractivity contribution in [2.75, 3.05) is 19.6 Å². The Hall–Kier alpha value is -3.88. The Morgan fingerprint density at radius 2 is 1.41 bits per heavy atom. The summed E-state index contributed by atoms with van der Waals surface area (Å²) in [7, 11) is 2.88. The van der Waals surface area contributed by atoms with Crippen LogP contribution in [0, 0.1) is 0 Å². The van der Waals surface area contributed by atoms with Gasteiger partial charge in [0.2, 0.25) is 5.84 Å². The molecule has 0 radical (unpaired) electrons. The molecule has 3 aromatic rings. The molecule has 2 aromatic carbocycles. The van der Waals surface area contributed by atoms with E-state index in [1.54, 1.807) is 0 Å². The van der Waals surface area contributed by atoms with Crippen molar-refractivity contribution >= 4 is 17.5 Å². The highest BCUT2D eigenvalue weighted by Gasteiger charge is 2.08. The van der Waals surface area contributed by atoms with Crippen molar-refractivity contribution < 1.29 is 9.47 Å².